The number of anilines is 1. The van der Waals surface area contributed by atoms with Gasteiger partial charge in [-0.05, 0) is 48.9 Å². The van der Waals surface area contributed by atoms with Crippen LogP contribution in [0.5, 0.6) is 0 Å². The minimum absolute atomic E-state index is 0.0324. The number of hydrogen-bond donors (Lipinski definition) is 1. The smallest absolute Gasteiger partial charge is 0.353 e. The molecule has 10 heteroatoms. The number of pyridine rings is 3. The first-order valence-corrected chi connectivity index (χ1v) is 10.2. The van der Waals surface area contributed by atoms with Gasteiger partial charge in [0.05, 0.1) is 16.7 Å². The molecular weight excluding hydrogens is 448 g/mol. The van der Waals surface area contributed by atoms with Crippen molar-refractivity contribution in [2.75, 3.05) is 5.32 Å². The van der Waals surface area contributed by atoms with Gasteiger partial charge in [-0.2, -0.15) is 13.2 Å². The van der Waals surface area contributed by atoms with Crippen LogP contribution in [0.4, 0.5) is 23.4 Å². The Labute approximate surface area is 190 Å². The van der Waals surface area contributed by atoms with E-state index >= 15 is 0 Å². The zero-order valence-corrected chi connectivity index (χ0v) is 17.7. The van der Waals surface area contributed by atoms with Crippen molar-refractivity contribution in [2.45, 2.75) is 19.1 Å². The van der Waals surface area contributed by atoms with E-state index in [9.17, 15) is 17.6 Å². The summed E-state index contributed by atoms with van der Waals surface area (Å²) in [6.07, 6.45) is 0.818. The Morgan fingerprint density at radius 2 is 1.76 bits per heavy atom. The lowest BCUT2D eigenvalue weighted by atomic mass is 9.97. The lowest BCUT2D eigenvalue weighted by Gasteiger charge is -2.25. The van der Waals surface area contributed by atoms with Gasteiger partial charge in [0, 0.05) is 41.2 Å². The zero-order valence-electron chi connectivity index (χ0n) is 17.7. The summed E-state index contributed by atoms with van der Waals surface area (Å²) in [7, 11) is 0. The Kier molecular flexibility index (Phi) is 5.27. The number of nitrogens with one attached hydrogen (secondary N) is 1. The molecule has 4 aromatic heterocycles. The van der Waals surface area contributed by atoms with Crippen LogP contribution in [0.1, 0.15) is 17.2 Å². The number of fused-ring (bicyclic) bond motifs is 2. The van der Waals surface area contributed by atoms with Crippen LogP contribution in [0.2, 0.25) is 0 Å². The first-order chi connectivity index (χ1) is 16.3. The molecule has 0 radical (unpaired) electrons. The Morgan fingerprint density at radius 1 is 0.941 bits per heavy atom. The van der Waals surface area contributed by atoms with Crippen molar-refractivity contribution < 1.29 is 17.6 Å². The molecule has 5 aromatic rings. The highest BCUT2D eigenvalue weighted by atomic mass is 19.4. The van der Waals surface area contributed by atoms with E-state index in [1.807, 2.05) is 0 Å². The van der Waals surface area contributed by atoms with Gasteiger partial charge in [-0.3, -0.25) is 9.97 Å². The second kappa shape index (κ2) is 8.29. The first kappa shape index (κ1) is 21.6. The molecule has 1 N–H and O–H groups in total. The molecule has 1 atom stereocenters. The molecule has 0 saturated carbocycles. The summed E-state index contributed by atoms with van der Waals surface area (Å²) in [5, 5.41) is 2.88. The highest BCUT2D eigenvalue weighted by molar-refractivity contribution is 5.86. The average molecular weight is 464 g/mol. The van der Waals surface area contributed by atoms with Gasteiger partial charge < -0.3 is 5.32 Å². The van der Waals surface area contributed by atoms with Gasteiger partial charge in [-0.1, -0.05) is 0 Å². The molecule has 0 aliphatic rings. The second-order valence-corrected chi connectivity index (χ2v) is 7.67. The van der Waals surface area contributed by atoms with Crippen LogP contribution in [0.25, 0.3) is 33.2 Å². The van der Waals surface area contributed by atoms with Crippen LogP contribution >= 0.6 is 0 Å². The predicted molar refractivity (Wildman–Crippen MR) is 119 cm³/mol. The molecule has 0 aliphatic carbocycles. The predicted octanol–water partition coefficient (Wildman–Crippen LogP) is 5.80. The molecule has 0 amide bonds. The minimum Gasteiger partial charge on any atom is -0.353 e. The number of benzene rings is 1. The maximum atomic E-state index is 14.5. The van der Waals surface area contributed by atoms with E-state index in [0.717, 1.165) is 0 Å². The number of alkyl halides is 3. The Hall–Kier alpha value is -4.21. The summed E-state index contributed by atoms with van der Waals surface area (Å²) in [6, 6.07) is 8.34. The van der Waals surface area contributed by atoms with Gasteiger partial charge in [0.2, 0.25) is 0 Å². The molecule has 5 rings (SSSR count). The van der Waals surface area contributed by atoms with Crippen molar-refractivity contribution in [3.63, 3.8) is 0 Å². The zero-order chi connectivity index (χ0) is 23.9. The van der Waals surface area contributed by atoms with Gasteiger partial charge in [-0.25, -0.2) is 19.3 Å². The molecular formula is C24H16F4N6. The monoisotopic (exact) mass is 464 g/mol. The summed E-state index contributed by atoms with van der Waals surface area (Å²) < 4.78 is 57.7. The van der Waals surface area contributed by atoms with Crippen LogP contribution < -0.4 is 5.32 Å². The van der Waals surface area contributed by atoms with Gasteiger partial charge in [0.1, 0.15) is 17.7 Å². The summed E-state index contributed by atoms with van der Waals surface area (Å²) in [6.45, 7) is 1.54. The minimum atomic E-state index is -4.73. The Bertz CT molecular complexity index is 1500. The van der Waals surface area contributed by atoms with E-state index in [4.69, 9.17) is 0 Å². The number of hydrogen-bond acceptors (Lipinski definition) is 6. The number of aromatic nitrogens is 5. The van der Waals surface area contributed by atoms with Crippen LogP contribution in [-0.4, -0.2) is 31.1 Å². The number of rotatable bonds is 4. The highest BCUT2D eigenvalue weighted by Gasteiger charge is 2.43. The van der Waals surface area contributed by atoms with Crippen molar-refractivity contribution in [2.24, 2.45) is 0 Å². The van der Waals surface area contributed by atoms with E-state index in [1.54, 1.807) is 31.2 Å². The van der Waals surface area contributed by atoms with E-state index in [-0.39, 0.29) is 28.1 Å². The summed E-state index contributed by atoms with van der Waals surface area (Å²) in [4.78, 5) is 20.6. The number of nitrogens with zero attached hydrogens (tertiary/aromatic N) is 5. The maximum absolute atomic E-state index is 14.5. The number of aryl methyl sites for hydroxylation is 1. The SMILES string of the molecule is Cc1cc2cc([C@@H](Nc3ncnc4cccnc34)C(F)(F)F)c(-c3cccnc3)nc2cc1F. The molecule has 0 unspecified atom stereocenters. The van der Waals surface area contributed by atoms with Crippen LogP contribution in [0.15, 0.2) is 67.4 Å². The van der Waals surface area contributed by atoms with Crippen molar-refractivity contribution >= 4 is 27.8 Å². The van der Waals surface area contributed by atoms with Crippen molar-refractivity contribution in [3.05, 3.63) is 84.3 Å². The molecule has 1 aromatic carbocycles. The van der Waals surface area contributed by atoms with E-state index < -0.39 is 18.0 Å². The second-order valence-electron chi connectivity index (χ2n) is 7.67. The van der Waals surface area contributed by atoms with Crippen molar-refractivity contribution in [1.82, 2.24) is 24.9 Å². The van der Waals surface area contributed by atoms with Crippen LogP contribution in [0, 0.1) is 12.7 Å². The standard InChI is InChI=1S/C24H16F4N6/c1-13-8-15-9-16(20(14-4-2-6-29-11-14)33-19(15)10-17(13)25)22(24(26,27)28)34-23-21-18(31-12-32-23)5-3-7-30-21/h2-12,22H,1H3,(H,31,32,34)/t22-/m1/s1. The van der Waals surface area contributed by atoms with Gasteiger partial charge in [-0.15, -0.1) is 0 Å². The Morgan fingerprint density at radius 3 is 2.53 bits per heavy atom. The largest absolute Gasteiger partial charge is 0.412 e. The van der Waals surface area contributed by atoms with Gasteiger partial charge in [0.25, 0.3) is 0 Å². The third-order valence-corrected chi connectivity index (χ3v) is 5.37. The normalized spacial score (nSPS) is 12.7. The summed E-state index contributed by atoms with van der Waals surface area (Å²) >= 11 is 0. The van der Waals surface area contributed by atoms with Crippen molar-refractivity contribution in [3.8, 4) is 11.3 Å². The summed E-state index contributed by atoms with van der Waals surface area (Å²) in [5.41, 5.74) is 1.39. The lowest BCUT2D eigenvalue weighted by molar-refractivity contribution is -0.143. The third-order valence-electron chi connectivity index (χ3n) is 5.37. The van der Waals surface area contributed by atoms with Crippen LogP contribution in [0.3, 0.4) is 0 Å². The fraction of sp³-hybridized carbons (Fsp3) is 0.125. The van der Waals surface area contributed by atoms with E-state index in [2.05, 4.69) is 30.2 Å². The molecule has 0 bridgehead atoms. The van der Waals surface area contributed by atoms with Gasteiger partial charge in [0.15, 0.2) is 11.9 Å². The maximum Gasteiger partial charge on any atom is 0.412 e. The topological polar surface area (TPSA) is 76.5 Å². The molecule has 0 saturated heterocycles. The fourth-order valence-corrected chi connectivity index (χ4v) is 3.75. The van der Waals surface area contributed by atoms with E-state index in [1.165, 1.54) is 43.1 Å². The van der Waals surface area contributed by atoms with E-state index in [0.29, 0.717) is 22.0 Å². The van der Waals surface area contributed by atoms with Crippen LogP contribution in [-0.2, 0) is 0 Å². The molecule has 170 valence electrons. The Balaban J connectivity index is 1.75. The van der Waals surface area contributed by atoms with Gasteiger partial charge >= 0.3 is 6.18 Å². The molecule has 0 spiro atoms. The summed E-state index contributed by atoms with van der Waals surface area (Å²) in [5.74, 6) is -0.561. The third kappa shape index (κ3) is 3.98. The molecule has 34 heavy (non-hydrogen) atoms. The van der Waals surface area contributed by atoms with Crippen molar-refractivity contribution in [1.29, 1.82) is 0 Å². The lowest BCUT2D eigenvalue weighted by Crippen LogP contribution is -2.29. The number of halogens is 4. The quantitative estimate of drug-likeness (QED) is 0.339. The molecule has 0 aliphatic heterocycles. The highest BCUT2D eigenvalue weighted by Crippen LogP contribution is 2.41. The molecule has 4 heterocycles. The first-order valence-electron chi connectivity index (χ1n) is 10.2. The average Bonchev–Trinajstić information content (AvgIpc) is 2.82. The fourth-order valence-electron chi connectivity index (χ4n) is 3.75. The molecule has 0 fully saturated rings. The molecule has 6 nitrogen and oxygen atoms in total.